The summed E-state index contributed by atoms with van der Waals surface area (Å²) in [6.45, 7) is 6.07. The van der Waals surface area contributed by atoms with E-state index in [2.05, 4.69) is 12.2 Å². The van der Waals surface area contributed by atoms with Crippen LogP contribution in [-0.2, 0) is 11.2 Å². The summed E-state index contributed by atoms with van der Waals surface area (Å²) in [6, 6.07) is 17.2. The number of thiophene rings is 1. The van der Waals surface area contributed by atoms with Crippen LogP contribution >= 0.6 is 23.1 Å². The van der Waals surface area contributed by atoms with Crippen molar-refractivity contribution in [3.63, 3.8) is 0 Å². The Bertz CT molecular complexity index is 1310. The number of rotatable bonds is 6. The highest BCUT2D eigenvalue weighted by atomic mass is 32.2. The van der Waals surface area contributed by atoms with Crippen LogP contribution in [0.1, 0.15) is 22.9 Å². The number of aryl methyl sites for hydroxylation is 2. The summed E-state index contributed by atoms with van der Waals surface area (Å²) in [7, 11) is 0. The van der Waals surface area contributed by atoms with Crippen LogP contribution in [0.2, 0.25) is 0 Å². The second-order valence-electron chi connectivity index (χ2n) is 7.24. The van der Waals surface area contributed by atoms with Crippen molar-refractivity contribution in [2.75, 3.05) is 11.1 Å². The fourth-order valence-corrected chi connectivity index (χ4v) is 5.11. The molecule has 0 aliphatic heterocycles. The molecule has 0 spiro atoms. The van der Waals surface area contributed by atoms with Crippen molar-refractivity contribution in [1.29, 1.82) is 0 Å². The van der Waals surface area contributed by atoms with E-state index in [0.717, 1.165) is 33.8 Å². The predicted molar refractivity (Wildman–Crippen MR) is 130 cm³/mol. The first kappa shape index (κ1) is 21.3. The smallest absolute Gasteiger partial charge is 0.267 e. The van der Waals surface area contributed by atoms with Gasteiger partial charge in [-0.3, -0.25) is 14.2 Å². The molecule has 0 saturated carbocycles. The molecule has 0 aliphatic carbocycles. The molecule has 2 aromatic heterocycles. The van der Waals surface area contributed by atoms with E-state index >= 15 is 0 Å². The van der Waals surface area contributed by atoms with Crippen molar-refractivity contribution in [3.05, 3.63) is 81.0 Å². The molecule has 4 aromatic rings. The van der Waals surface area contributed by atoms with Crippen LogP contribution in [0, 0.1) is 13.8 Å². The molecule has 0 fully saturated rings. The number of hydrogen-bond acceptors (Lipinski definition) is 5. The Morgan fingerprint density at radius 3 is 2.65 bits per heavy atom. The number of nitrogens with one attached hydrogen (secondary N) is 1. The largest absolute Gasteiger partial charge is 0.325 e. The van der Waals surface area contributed by atoms with E-state index in [1.54, 1.807) is 4.57 Å². The third kappa shape index (κ3) is 4.43. The first-order valence-electron chi connectivity index (χ1n) is 10.1. The predicted octanol–water partition coefficient (Wildman–Crippen LogP) is 5.36. The van der Waals surface area contributed by atoms with Gasteiger partial charge in [-0.2, -0.15) is 0 Å². The molecule has 0 aliphatic rings. The molecule has 0 bridgehead atoms. The Morgan fingerprint density at radius 2 is 1.90 bits per heavy atom. The number of nitrogens with zero attached hydrogens (tertiary/aromatic N) is 2. The van der Waals surface area contributed by atoms with Gasteiger partial charge < -0.3 is 5.32 Å². The van der Waals surface area contributed by atoms with E-state index < -0.39 is 0 Å². The number of anilines is 1. The van der Waals surface area contributed by atoms with E-state index in [1.807, 2.05) is 68.4 Å². The minimum Gasteiger partial charge on any atom is -0.325 e. The number of benzene rings is 2. The number of hydrogen-bond donors (Lipinski definition) is 1. The van der Waals surface area contributed by atoms with Crippen LogP contribution in [0.3, 0.4) is 0 Å². The van der Waals surface area contributed by atoms with E-state index in [4.69, 9.17) is 4.98 Å². The third-order valence-electron chi connectivity index (χ3n) is 5.16. The van der Waals surface area contributed by atoms with Gasteiger partial charge in [-0.15, -0.1) is 11.3 Å². The molecule has 0 atom stereocenters. The number of carbonyl (C=O) groups excluding carboxylic acids is 1. The zero-order valence-electron chi connectivity index (χ0n) is 17.6. The average molecular weight is 450 g/mol. The lowest BCUT2D eigenvalue weighted by atomic mass is 10.1. The summed E-state index contributed by atoms with van der Waals surface area (Å²) < 4.78 is 1.60. The zero-order chi connectivity index (χ0) is 22.0. The second kappa shape index (κ2) is 9.08. The second-order valence-corrected chi connectivity index (χ2v) is 9.30. The molecule has 158 valence electrons. The van der Waals surface area contributed by atoms with Crippen LogP contribution in [0.15, 0.2) is 64.5 Å². The minimum absolute atomic E-state index is 0.107. The van der Waals surface area contributed by atoms with Crippen molar-refractivity contribution in [2.24, 2.45) is 0 Å². The van der Waals surface area contributed by atoms with Crippen LogP contribution in [0.4, 0.5) is 5.69 Å². The standard InChI is InChI=1S/C24H23N3O2S2/c1-4-18-13-19-22(31-18)26-24(27(23(19)29)17-10-6-5-7-11-17)30-14-21(28)25-20-12-8-9-15(2)16(20)3/h5-13H,4,14H2,1-3H3,(H,25,28). The van der Waals surface area contributed by atoms with E-state index in [-0.39, 0.29) is 17.2 Å². The number of amides is 1. The maximum Gasteiger partial charge on any atom is 0.267 e. The Balaban J connectivity index is 1.67. The molecular weight excluding hydrogens is 426 g/mol. The number of para-hydroxylation sites is 1. The molecular formula is C24H23N3O2S2. The normalized spacial score (nSPS) is 11.1. The molecule has 1 N–H and O–H groups in total. The number of aromatic nitrogens is 2. The van der Waals surface area contributed by atoms with Crippen molar-refractivity contribution >= 4 is 44.9 Å². The van der Waals surface area contributed by atoms with Crippen LogP contribution in [-0.4, -0.2) is 21.2 Å². The Morgan fingerprint density at radius 1 is 1.13 bits per heavy atom. The molecule has 0 saturated heterocycles. The summed E-state index contributed by atoms with van der Waals surface area (Å²) >= 11 is 2.80. The van der Waals surface area contributed by atoms with Gasteiger partial charge in [0.25, 0.3) is 5.56 Å². The van der Waals surface area contributed by atoms with E-state index in [9.17, 15) is 9.59 Å². The highest BCUT2D eigenvalue weighted by Gasteiger charge is 2.17. The van der Waals surface area contributed by atoms with Gasteiger partial charge in [0, 0.05) is 10.6 Å². The summed E-state index contributed by atoms with van der Waals surface area (Å²) in [5.74, 6) is 0.0255. The van der Waals surface area contributed by atoms with Gasteiger partial charge in [0.05, 0.1) is 16.8 Å². The van der Waals surface area contributed by atoms with Gasteiger partial charge in [-0.1, -0.05) is 49.0 Å². The SMILES string of the molecule is CCc1cc2c(=O)n(-c3ccccc3)c(SCC(=O)Nc3cccc(C)c3C)nc2s1. The monoisotopic (exact) mass is 449 g/mol. The molecule has 5 nitrogen and oxygen atoms in total. The fraction of sp³-hybridized carbons (Fsp3) is 0.208. The molecule has 0 radical (unpaired) electrons. The van der Waals surface area contributed by atoms with Gasteiger partial charge >= 0.3 is 0 Å². The van der Waals surface area contributed by atoms with Gasteiger partial charge in [-0.05, 0) is 55.7 Å². The quantitative estimate of drug-likeness (QED) is 0.318. The van der Waals surface area contributed by atoms with Gasteiger partial charge in [-0.25, -0.2) is 4.98 Å². The van der Waals surface area contributed by atoms with Gasteiger partial charge in [0.2, 0.25) is 5.91 Å². The first-order chi connectivity index (χ1) is 15.0. The molecule has 2 aromatic carbocycles. The van der Waals surface area contributed by atoms with Crippen LogP contribution in [0.5, 0.6) is 0 Å². The third-order valence-corrected chi connectivity index (χ3v) is 7.27. The van der Waals surface area contributed by atoms with E-state index in [0.29, 0.717) is 15.4 Å². The highest BCUT2D eigenvalue weighted by Crippen LogP contribution is 2.27. The summed E-state index contributed by atoms with van der Waals surface area (Å²) in [5.41, 5.74) is 3.61. The van der Waals surface area contributed by atoms with Crippen LogP contribution < -0.4 is 10.9 Å². The summed E-state index contributed by atoms with van der Waals surface area (Å²) in [5, 5.41) is 4.11. The molecule has 1 amide bonds. The lowest BCUT2D eigenvalue weighted by Crippen LogP contribution is -2.22. The first-order valence-corrected chi connectivity index (χ1v) is 11.9. The summed E-state index contributed by atoms with van der Waals surface area (Å²) in [6.07, 6.45) is 0.854. The topological polar surface area (TPSA) is 64.0 Å². The number of thioether (sulfide) groups is 1. The van der Waals surface area contributed by atoms with Gasteiger partial charge in [0.1, 0.15) is 4.83 Å². The molecule has 2 heterocycles. The van der Waals surface area contributed by atoms with Crippen molar-refractivity contribution in [3.8, 4) is 5.69 Å². The molecule has 31 heavy (non-hydrogen) atoms. The average Bonchev–Trinajstić information content (AvgIpc) is 3.20. The van der Waals surface area contributed by atoms with Crippen molar-refractivity contribution < 1.29 is 4.79 Å². The Labute approximate surface area is 189 Å². The molecule has 7 heteroatoms. The maximum absolute atomic E-state index is 13.3. The van der Waals surface area contributed by atoms with Crippen molar-refractivity contribution in [2.45, 2.75) is 32.3 Å². The molecule has 4 rings (SSSR count). The fourth-order valence-electron chi connectivity index (χ4n) is 3.29. The van der Waals surface area contributed by atoms with Gasteiger partial charge in [0.15, 0.2) is 5.16 Å². The highest BCUT2D eigenvalue weighted by molar-refractivity contribution is 7.99. The number of fused-ring (bicyclic) bond motifs is 1. The maximum atomic E-state index is 13.3. The Hall–Kier alpha value is -2.90. The molecule has 0 unspecified atom stereocenters. The lowest BCUT2D eigenvalue weighted by Gasteiger charge is -2.13. The zero-order valence-corrected chi connectivity index (χ0v) is 19.3. The lowest BCUT2D eigenvalue weighted by molar-refractivity contribution is -0.113. The summed E-state index contributed by atoms with van der Waals surface area (Å²) in [4.78, 5) is 32.6. The van der Waals surface area contributed by atoms with Crippen molar-refractivity contribution in [1.82, 2.24) is 9.55 Å². The minimum atomic E-state index is -0.131. The number of carbonyl (C=O) groups is 1. The van der Waals surface area contributed by atoms with Crippen LogP contribution in [0.25, 0.3) is 15.9 Å². The Kier molecular flexibility index (Phi) is 6.25. The van der Waals surface area contributed by atoms with E-state index in [1.165, 1.54) is 23.1 Å².